The van der Waals surface area contributed by atoms with Crippen LogP contribution in [0.1, 0.15) is 38.1 Å². The lowest BCUT2D eigenvalue weighted by atomic mass is 10.0. The fourth-order valence-corrected chi connectivity index (χ4v) is 2.03. The van der Waals surface area contributed by atoms with Crippen LogP contribution in [0.15, 0.2) is 24.6 Å². The monoisotopic (exact) mass is 208 g/mol. The first-order chi connectivity index (χ1) is 6.66. The summed E-state index contributed by atoms with van der Waals surface area (Å²) in [6.45, 7) is 16.2. The van der Waals surface area contributed by atoms with Gasteiger partial charge in [0.25, 0.3) is 0 Å². The Morgan fingerprint density at radius 2 is 2.00 bits per heavy atom. The first-order valence-corrected chi connectivity index (χ1v) is 5.94. The lowest BCUT2D eigenvalue weighted by Gasteiger charge is -2.07. The normalized spacial score (nSPS) is 9.21. The molecule has 1 rings (SSSR count). The van der Waals surface area contributed by atoms with Crippen LogP contribution in [-0.4, -0.2) is 0 Å². The zero-order chi connectivity index (χ0) is 11.1. The van der Waals surface area contributed by atoms with Gasteiger partial charge in [-0.2, -0.15) is 0 Å². The van der Waals surface area contributed by atoms with Crippen molar-refractivity contribution in [1.29, 1.82) is 0 Å². The topological polar surface area (TPSA) is 0 Å². The molecule has 1 heteroatoms. The van der Waals surface area contributed by atoms with Crippen LogP contribution in [0, 0.1) is 5.92 Å². The molecular formula is C13H20S. The summed E-state index contributed by atoms with van der Waals surface area (Å²) >= 11 is 1.74. The standard InChI is InChI=1S/C11H14S.C2H6/c1-5-10-6-7-12-11(10)9(4)8(2)3;1-2/h5-8H,1,4H2,2-3H3;1-2H3. The second-order valence-electron chi connectivity index (χ2n) is 3.09. The fourth-order valence-electron chi connectivity index (χ4n) is 1.00. The van der Waals surface area contributed by atoms with E-state index >= 15 is 0 Å². The maximum Gasteiger partial charge on any atom is 0.0371 e. The second-order valence-corrected chi connectivity index (χ2v) is 4.01. The molecule has 0 saturated carbocycles. The Morgan fingerprint density at radius 1 is 1.43 bits per heavy atom. The van der Waals surface area contributed by atoms with E-state index in [1.165, 1.54) is 16.0 Å². The maximum atomic E-state index is 4.07. The minimum absolute atomic E-state index is 0.516. The van der Waals surface area contributed by atoms with Gasteiger partial charge < -0.3 is 0 Å². The molecule has 1 aromatic heterocycles. The van der Waals surface area contributed by atoms with Crippen molar-refractivity contribution in [3.63, 3.8) is 0 Å². The van der Waals surface area contributed by atoms with Crippen LogP contribution >= 0.6 is 11.3 Å². The molecule has 0 nitrogen and oxygen atoms in total. The van der Waals surface area contributed by atoms with Gasteiger partial charge in [-0.1, -0.05) is 46.9 Å². The highest BCUT2D eigenvalue weighted by atomic mass is 32.1. The van der Waals surface area contributed by atoms with Crippen LogP contribution in [0.3, 0.4) is 0 Å². The average molecular weight is 208 g/mol. The Kier molecular flexibility index (Phi) is 6.22. The minimum atomic E-state index is 0.516. The van der Waals surface area contributed by atoms with Gasteiger partial charge in [-0.25, -0.2) is 0 Å². The first-order valence-electron chi connectivity index (χ1n) is 5.06. The number of hydrogen-bond donors (Lipinski definition) is 0. The van der Waals surface area contributed by atoms with Crippen molar-refractivity contribution in [1.82, 2.24) is 0 Å². The van der Waals surface area contributed by atoms with Gasteiger partial charge in [0.1, 0.15) is 0 Å². The molecule has 0 aliphatic carbocycles. The van der Waals surface area contributed by atoms with E-state index in [4.69, 9.17) is 0 Å². The highest BCUT2D eigenvalue weighted by molar-refractivity contribution is 7.11. The molecular weight excluding hydrogens is 188 g/mol. The lowest BCUT2D eigenvalue weighted by Crippen LogP contribution is -1.90. The van der Waals surface area contributed by atoms with Gasteiger partial charge in [-0.3, -0.25) is 0 Å². The van der Waals surface area contributed by atoms with E-state index in [2.05, 4.69) is 38.5 Å². The molecule has 0 spiro atoms. The van der Waals surface area contributed by atoms with Gasteiger partial charge in [0.2, 0.25) is 0 Å². The quantitative estimate of drug-likeness (QED) is 0.649. The van der Waals surface area contributed by atoms with Crippen molar-refractivity contribution in [3.8, 4) is 0 Å². The van der Waals surface area contributed by atoms with Gasteiger partial charge in [0.05, 0.1) is 0 Å². The van der Waals surface area contributed by atoms with Crippen LogP contribution in [0.4, 0.5) is 0 Å². The smallest absolute Gasteiger partial charge is 0.0371 e. The van der Waals surface area contributed by atoms with Crippen molar-refractivity contribution >= 4 is 23.0 Å². The predicted octanol–water partition coefficient (Wildman–Crippen LogP) is 5.09. The van der Waals surface area contributed by atoms with Crippen LogP contribution < -0.4 is 0 Å². The molecule has 0 fully saturated rings. The van der Waals surface area contributed by atoms with Crippen molar-refractivity contribution in [3.05, 3.63) is 35.0 Å². The van der Waals surface area contributed by atoms with E-state index in [-0.39, 0.29) is 0 Å². The first kappa shape index (κ1) is 13.2. The fraction of sp³-hybridized carbons (Fsp3) is 0.385. The summed E-state index contributed by atoms with van der Waals surface area (Å²) in [4.78, 5) is 1.28. The van der Waals surface area contributed by atoms with Crippen LogP contribution in [0.5, 0.6) is 0 Å². The maximum absolute atomic E-state index is 4.07. The molecule has 0 aliphatic heterocycles. The van der Waals surface area contributed by atoms with E-state index in [0.717, 1.165) is 0 Å². The third kappa shape index (κ3) is 3.15. The molecule has 78 valence electrons. The molecule has 0 N–H and O–H groups in total. The van der Waals surface area contributed by atoms with Gasteiger partial charge in [0.15, 0.2) is 0 Å². The molecule has 0 aliphatic rings. The molecule has 14 heavy (non-hydrogen) atoms. The lowest BCUT2D eigenvalue weighted by molar-refractivity contribution is 0.860. The molecule has 0 aromatic carbocycles. The third-order valence-corrected chi connectivity index (χ3v) is 2.91. The summed E-state index contributed by atoms with van der Waals surface area (Å²) in [5.41, 5.74) is 2.42. The van der Waals surface area contributed by atoms with E-state index in [9.17, 15) is 0 Å². The number of hydrogen-bond acceptors (Lipinski definition) is 1. The van der Waals surface area contributed by atoms with Gasteiger partial charge in [-0.05, 0) is 28.5 Å². The average Bonchev–Trinajstić information content (AvgIpc) is 2.67. The minimum Gasteiger partial charge on any atom is -0.144 e. The van der Waals surface area contributed by atoms with Crippen molar-refractivity contribution in [2.24, 2.45) is 5.92 Å². The van der Waals surface area contributed by atoms with E-state index in [1.54, 1.807) is 11.3 Å². The van der Waals surface area contributed by atoms with Gasteiger partial charge >= 0.3 is 0 Å². The number of allylic oxidation sites excluding steroid dienone is 1. The molecule has 0 bridgehead atoms. The highest BCUT2D eigenvalue weighted by Crippen LogP contribution is 2.29. The van der Waals surface area contributed by atoms with Gasteiger partial charge in [-0.15, -0.1) is 11.3 Å². The Labute approximate surface area is 92.0 Å². The highest BCUT2D eigenvalue weighted by Gasteiger charge is 2.07. The van der Waals surface area contributed by atoms with Crippen molar-refractivity contribution in [2.75, 3.05) is 0 Å². The van der Waals surface area contributed by atoms with Crippen molar-refractivity contribution in [2.45, 2.75) is 27.7 Å². The molecule has 0 atom stereocenters. The number of thiophene rings is 1. The molecule has 0 unspecified atom stereocenters. The Bertz CT molecular complexity index is 292. The molecule has 1 heterocycles. The van der Waals surface area contributed by atoms with Gasteiger partial charge in [0, 0.05) is 4.88 Å². The third-order valence-electron chi connectivity index (χ3n) is 1.90. The second kappa shape index (κ2) is 6.61. The molecule has 0 radical (unpaired) electrons. The summed E-state index contributed by atoms with van der Waals surface area (Å²) in [5, 5.41) is 2.08. The predicted molar refractivity (Wildman–Crippen MR) is 69.6 cm³/mol. The number of rotatable bonds is 3. The summed E-state index contributed by atoms with van der Waals surface area (Å²) in [5.74, 6) is 0.516. The van der Waals surface area contributed by atoms with Crippen LogP contribution in [-0.2, 0) is 0 Å². The van der Waals surface area contributed by atoms with Crippen LogP contribution in [0.2, 0.25) is 0 Å². The van der Waals surface area contributed by atoms with E-state index in [1.807, 2.05) is 19.9 Å². The zero-order valence-corrected chi connectivity index (χ0v) is 10.4. The van der Waals surface area contributed by atoms with Crippen molar-refractivity contribution < 1.29 is 0 Å². The van der Waals surface area contributed by atoms with E-state index in [0.29, 0.717) is 5.92 Å². The largest absolute Gasteiger partial charge is 0.144 e. The van der Waals surface area contributed by atoms with Crippen LogP contribution in [0.25, 0.3) is 11.6 Å². The summed E-state index contributed by atoms with van der Waals surface area (Å²) in [6, 6.07) is 2.08. The molecule has 0 amide bonds. The van der Waals surface area contributed by atoms with E-state index < -0.39 is 0 Å². The Hall–Kier alpha value is -0.820. The summed E-state index contributed by atoms with van der Waals surface area (Å²) in [6.07, 6.45) is 1.89. The zero-order valence-electron chi connectivity index (χ0n) is 9.63. The SMILES string of the molecule is C=Cc1ccsc1C(=C)C(C)C.CC. The Balaban J connectivity index is 0.000000791. The summed E-state index contributed by atoms with van der Waals surface area (Å²) < 4.78 is 0. The Morgan fingerprint density at radius 3 is 2.43 bits per heavy atom. The molecule has 1 aromatic rings. The summed E-state index contributed by atoms with van der Waals surface area (Å²) in [7, 11) is 0. The molecule has 0 saturated heterocycles.